The molecule has 0 radical (unpaired) electrons. The van der Waals surface area contributed by atoms with Gasteiger partial charge in [-0.1, -0.05) is 0 Å². The fourth-order valence-electron chi connectivity index (χ4n) is 5.33. The molecule has 7 heteroatoms. The van der Waals surface area contributed by atoms with Crippen molar-refractivity contribution >= 4 is 0 Å². The Hall–Kier alpha value is -1.99. The first-order valence-electron chi connectivity index (χ1n) is 11.8. The van der Waals surface area contributed by atoms with Gasteiger partial charge < -0.3 is 0 Å². The van der Waals surface area contributed by atoms with Gasteiger partial charge in [-0.05, 0) is 62.5 Å². The lowest BCUT2D eigenvalue weighted by Crippen LogP contribution is -2.47. The van der Waals surface area contributed by atoms with Crippen LogP contribution in [0, 0.1) is 0 Å². The molecule has 0 atom stereocenters. The lowest BCUT2D eigenvalue weighted by atomic mass is 9.95. The Morgan fingerprint density at radius 1 is 0.833 bits per heavy atom. The molecule has 7 nitrogen and oxygen atoms in total. The normalized spacial score (nSPS) is 20.2. The average Bonchev–Trinajstić information content (AvgIpc) is 3.08. The van der Waals surface area contributed by atoms with E-state index in [1.165, 1.54) is 54.6 Å². The van der Waals surface area contributed by atoms with Crippen LogP contribution < -0.4 is 5.56 Å². The van der Waals surface area contributed by atoms with Crippen LogP contribution in [0.3, 0.4) is 0 Å². The monoisotopic (exact) mass is 410 g/mol. The summed E-state index contributed by atoms with van der Waals surface area (Å²) in [5.41, 5.74) is 6.65. The summed E-state index contributed by atoms with van der Waals surface area (Å²) >= 11 is 0. The van der Waals surface area contributed by atoms with Crippen molar-refractivity contribution in [3.05, 3.63) is 44.6 Å². The molecule has 2 aliphatic carbocycles. The SMILES string of the molecule is Cn1nc2c(c1CN1CCN(CCn3nc4c(cc3=O)CCCC4)CC1)CCCC2. The molecule has 2 aromatic rings. The summed E-state index contributed by atoms with van der Waals surface area (Å²) in [5.74, 6) is 0. The van der Waals surface area contributed by atoms with Gasteiger partial charge in [-0.3, -0.25) is 19.3 Å². The Bertz CT molecular complexity index is 953. The molecule has 1 fully saturated rings. The molecule has 3 heterocycles. The zero-order valence-electron chi connectivity index (χ0n) is 18.3. The quantitative estimate of drug-likeness (QED) is 0.749. The topological polar surface area (TPSA) is 59.2 Å². The van der Waals surface area contributed by atoms with Gasteiger partial charge in [-0.2, -0.15) is 10.2 Å². The van der Waals surface area contributed by atoms with Gasteiger partial charge in [0, 0.05) is 52.4 Å². The number of fused-ring (bicyclic) bond motifs is 2. The highest BCUT2D eigenvalue weighted by atomic mass is 16.1. The third-order valence-corrected chi connectivity index (χ3v) is 7.19. The average molecular weight is 411 g/mol. The van der Waals surface area contributed by atoms with Crippen LogP contribution in [-0.4, -0.2) is 62.1 Å². The molecule has 5 rings (SSSR count). The molecular formula is C23H34N6O. The van der Waals surface area contributed by atoms with E-state index < -0.39 is 0 Å². The molecule has 0 spiro atoms. The van der Waals surface area contributed by atoms with Crippen LogP contribution in [-0.2, 0) is 45.8 Å². The molecule has 0 saturated carbocycles. The van der Waals surface area contributed by atoms with Crippen LogP contribution in [0.1, 0.15) is 53.9 Å². The van der Waals surface area contributed by atoms with Crippen molar-refractivity contribution in [1.82, 2.24) is 29.4 Å². The zero-order chi connectivity index (χ0) is 20.5. The summed E-state index contributed by atoms with van der Waals surface area (Å²) in [5, 5.41) is 9.44. The third-order valence-electron chi connectivity index (χ3n) is 7.19. The van der Waals surface area contributed by atoms with Crippen molar-refractivity contribution in [3.63, 3.8) is 0 Å². The lowest BCUT2D eigenvalue weighted by molar-refractivity contribution is 0.120. The van der Waals surface area contributed by atoms with Gasteiger partial charge in [-0.15, -0.1) is 0 Å². The fraction of sp³-hybridized carbons (Fsp3) is 0.696. The van der Waals surface area contributed by atoms with Crippen LogP contribution >= 0.6 is 0 Å². The second kappa shape index (κ2) is 8.63. The molecule has 1 saturated heterocycles. The first-order valence-corrected chi connectivity index (χ1v) is 11.8. The number of hydrogen-bond donors (Lipinski definition) is 0. The van der Waals surface area contributed by atoms with Crippen LogP contribution in [0.5, 0.6) is 0 Å². The molecule has 2 aromatic heterocycles. The highest BCUT2D eigenvalue weighted by Crippen LogP contribution is 2.25. The number of rotatable bonds is 5. The summed E-state index contributed by atoms with van der Waals surface area (Å²) in [4.78, 5) is 17.4. The van der Waals surface area contributed by atoms with Crippen molar-refractivity contribution in [1.29, 1.82) is 0 Å². The molecule has 0 amide bonds. The summed E-state index contributed by atoms with van der Waals surface area (Å²) in [6, 6.07) is 1.83. The second-order valence-corrected chi connectivity index (χ2v) is 9.21. The van der Waals surface area contributed by atoms with E-state index in [4.69, 9.17) is 5.10 Å². The molecular weight excluding hydrogens is 376 g/mol. The van der Waals surface area contributed by atoms with E-state index in [9.17, 15) is 4.79 Å². The summed E-state index contributed by atoms with van der Waals surface area (Å²) in [7, 11) is 2.10. The van der Waals surface area contributed by atoms with Gasteiger partial charge in [-0.25, -0.2) is 4.68 Å². The minimum atomic E-state index is 0.0651. The maximum Gasteiger partial charge on any atom is 0.267 e. The number of piperazine rings is 1. The van der Waals surface area contributed by atoms with Crippen molar-refractivity contribution in [2.45, 2.75) is 64.5 Å². The van der Waals surface area contributed by atoms with Gasteiger partial charge in [0.15, 0.2) is 0 Å². The molecule has 0 N–H and O–H groups in total. The fourth-order valence-corrected chi connectivity index (χ4v) is 5.33. The van der Waals surface area contributed by atoms with Crippen molar-refractivity contribution in [2.75, 3.05) is 32.7 Å². The second-order valence-electron chi connectivity index (χ2n) is 9.21. The largest absolute Gasteiger partial charge is 0.299 e. The molecule has 3 aliphatic rings. The first-order chi connectivity index (χ1) is 14.7. The molecule has 0 aromatic carbocycles. The van der Waals surface area contributed by atoms with Crippen LogP contribution in [0.15, 0.2) is 10.9 Å². The number of aromatic nitrogens is 4. The maximum absolute atomic E-state index is 12.4. The van der Waals surface area contributed by atoms with E-state index in [1.54, 1.807) is 4.68 Å². The maximum atomic E-state index is 12.4. The predicted octanol–water partition coefficient (Wildman–Crippen LogP) is 1.55. The molecule has 0 unspecified atom stereocenters. The van der Waals surface area contributed by atoms with Gasteiger partial charge in [0.05, 0.1) is 23.6 Å². The minimum absolute atomic E-state index is 0.0651. The molecule has 0 bridgehead atoms. The van der Waals surface area contributed by atoms with E-state index in [0.717, 1.165) is 64.2 Å². The van der Waals surface area contributed by atoms with Gasteiger partial charge in [0.25, 0.3) is 5.56 Å². The standard InChI is InChI=1S/C23H34N6O/c1-26-22(19-7-3-5-9-21(19)24-26)17-28-12-10-27(11-13-28)14-15-29-23(30)16-18-6-2-4-8-20(18)25-29/h16H,2-15,17H2,1H3. The summed E-state index contributed by atoms with van der Waals surface area (Å²) < 4.78 is 3.81. The van der Waals surface area contributed by atoms with Gasteiger partial charge >= 0.3 is 0 Å². The van der Waals surface area contributed by atoms with Crippen LogP contribution in [0.4, 0.5) is 0 Å². The van der Waals surface area contributed by atoms with Crippen molar-refractivity contribution in [3.8, 4) is 0 Å². The zero-order valence-corrected chi connectivity index (χ0v) is 18.3. The Labute approximate surface area is 178 Å². The highest BCUT2D eigenvalue weighted by Gasteiger charge is 2.23. The van der Waals surface area contributed by atoms with Crippen LogP contribution in [0.2, 0.25) is 0 Å². The van der Waals surface area contributed by atoms with E-state index >= 15 is 0 Å². The Morgan fingerprint density at radius 2 is 1.53 bits per heavy atom. The third kappa shape index (κ3) is 4.10. The number of nitrogens with zero attached hydrogens (tertiary/aromatic N) is 6. The van der Waals surface area contributed by atoms with Gasteiger partial charge in [0.1, 0.15) is 0 Å². The Balaban J connectivity index is 1.15. The molecule has 30 heavy (non-hydrogen) atoms. The molecule has 162 valence electrons. The van der Waals surface area contributed by atoms with Gasteiger partial charge in [0.2, 0.25) is 0 Å². The Morgan fingerprint density at radius 3 is 2.37 bits per heavy atom. The van der Waals surface area contributed by atoms with E-state index in [1.807, 2.05) is 6.07 Å². The van der Waals surface area contributed by atoms with Crippen LogP contribution in [0.25, 0.3) is 0 Å². The first kappa shape index (κ1) is 19.9. The smallest absolute Gasteiger partial charge is 0.267 e. The summed E-state index contributed by atoms with van der Waals surface area (Å²) in [6.07, 6.45) is 9.34. The van der Waals surface area contributed by atoms with E-state index in [2.05, 4.69) is 26.6 Å². The predicted molar refractivity (Wildman–Crippen MR) is 117 cm³/mol. The van der Waals surface area contributed by atoms with Crippen molar-refractivity contribution in [2.24, 2.45) is 7.05 Å². The Kier molecular flexibility index (Phi) is 5.74. The van der Waals surface area contributed by atoms with Crippen molar-refractivity contribution < 1.29 is 0 Å². The van der Waals surface area contributed by atoms with E-state index in [0.29, 0.717) is 6.54 Å². The highest BCUT2D eigenvalue weighted by molar-refractivity contribution is 5.28. The van der Waals surface area contributed by atoms with E-state index in [-0.39, 0.29) is 5.56 Å². The number of aryl methyl sites for hydroxylation is 4. The number of hydrogen-bond acceptors (Lipinski definition) is 5. The lowest BCUT2D eigenvalue weighted by Gasteiger charge is -2.34. The summed E-state index contributed by atoms with van der Waals surface area (Å²) in [6.45, 7) is 6.87. The minimum Gasteiger partial charge on any atom is -0.299 e. The molecule has 1 aliphatic heterocycles.